The van der Waals surface area contributed by atoms with E-state index >= 15 is 0 Å². The lowest BCUT2D eigenvalue weighted by Gasteiger charge is -2.07. The fourth-order valence-corrected chi connectivity index (χ4v) is 2.16. The molecule has 0 aliphatic heterocycles. The molecule has 0 radical (unpaired) electrons. The Morgan fingerprint density at radius 1 is 0.933 bits per heavy atom. The zero-order chi connectivity index (χ0) is 10.9. The van der Waals surface area contributed by atoms with Gasteiger partial charge < -0.3 is 0 Å². The molecule has 78 valence electrons. The highest BCUT2D eigenvalue weighted by Gasteiger charge is 2.34. The Labute approximate surface area is 89.0 Å². The minimum Gasteiger partial charge on any atom is -0.165 e. The van der Waals surface area contributed by atoms with Gasteiger partial charge in [-0.1, -0.05) is 30.3 Å². The van der Waals surface area contributed by atoms with Gasteiger partial charge in [-0.25, -0.2) is 0 Å². The number of hydrogen-bond acceptors (Lipinski definition) is 1. The molecule has 1 heterocycles. The van der Waals surface area contributed by atoms with Crippen LogP contribution in [-0.4, -0.2) is 0 Å². The second kappa shape index (κ2) is 3.70. The van der Waals surface area contributed by atoms with Crippen molar-refractivity contribution in [2.24, 2.45) is 0 Å². The second-order valence-electron chi connectivity index (χ2n) is 3.03. The first-order chi connectivity index (χ1) is 7.09. The third-order valence-corrected chi connectivity index (χ3v) is 2.97. The molecule has 0 saturated heterocycles. The van der Waals surface area contributed by atoms with Crippen LogP contribution in [0, 0.1) is 0 Å². The highest BCUT2D eigenvalue weighted by molar-refractivity contribution is 7.10. The molecule has 0 saturated carbocycles. The van der Waals surface area contributed by atoms with Gasteiger partial charge in [0.15, 0.2) is 0 Å². The summed E-state index contributed by atoms with van der Waals surface area (Å²) in [5.41, 5.74) is 0.860. The monoisotopic (exact) mass is 228 g/mol. The number of alkyl halides is 3. The summed E-state index contributed by atoms with van der Waals surface area (Å²) in [5, 5.41) is 1.46. The molecule has 0 aliphatic carbocycles. The van der Waals surface area contributed by atoms with Crippen molar-refractivity contribution in [3.8, 4) is 11.1 Å². The molecule has 2 aromatic rings. The summed E-state index contributed by atoms with van der Waals surface area (Å²) in [5.74, 6) is 0. The highest BCUT2D eigenvalue weighted by Crippen LogP contribution is 2.40. The van der Waals surface area contributed by atoms with Gasteiger partial charge >= 0.3 is 6.18 Å². The summed E-state index contributed by atoms with van der Waals surface area (Å²) in [6, 6.07) is 10.1. The predicted octanol–water partition coefficient (Wildman–Crippen LogP) is 4.43. The summed E-state index contributed by atoms with van der Waals surface area (Å²) in [7, 11) is 0. The van der Waals surface area contributed by atoms with E-state index in [0.717, 1.165) is 11.3 Å². The quantitative estimate of drug-likeness (QED) is 0.677. The number of hydrogen-bond donors (Lipinski definition) is 0. The summed E-state index contributed by atoms with van der Waals surface area (Å²) >= 11 is 0.726. The average Bonchev–Trinajstić information content (AvgIpc) is 2.67. The molecular formula is C11H7F3S. The minimum absolute atomic E-state index is 0.258. The van der Waals surface area contributed by atoms with E-state index in [0.29, 0.717) is 5.56 Å². The molecule has 0 aliphatic rings. The minimum atomic E-state index is -4.26. The van der Waals surface area contributed by atoms with E-state index in [9.17, 15) is 13.2 Å². The Hall–Kier alpha value is -1.29. The van der Waals surface area contributed by atoms with Gasteiger partial charge in [-0.2, -0.15) is 13.2 Å². The van der Waals surface area contributed by atoms with Crippen LogP contribution in [0.5, 0.6) is 0 Å². The SMILES string of the molecule is FC(F)(F)c1sccc1-c1ccccc1. The van der Waals surface area contributed by atoms with Crippen LogP contribution >= 0.6 is 11.3 Å². The Kier molecular flexibility index (Phi) is 2.52. The Morgan fingerprint density at radius 3 is 2.20 bits per heavy atom. The normalized spacial score (nSPS) is 11.7. The van der Waals surface area contributed by atoms with Crippen molar-refractivity contribution in [1.82, 2.24) is 0 Å². The van der Waals surface area contributed by atoms with Crippen LogP contribution in [-0.2, 0) is 6.18 Å². The van der Waals surface area contributed by atoms with Gasteiger partial charge in [0.05, 0.1) is 0 Å². The first-order valence-corrected chi connectivity index (χ1v) is 5.17. The van der Waals surface area contributed by atoms with Crippen molar-refractivity contribution in [2.45, 2.75) is 6.18 Å². The number of benzene rings is 1. The summed E-state index contributed by atoms with van der Waals surface area (Å²) in [4.78, 5) is -0.534. The van der Waals surface area contributed by atoms with Crippen LogP contribution in [0.2, 0.25) is 0 Å². The van der Waals surface area contributed by atoms with Crippen molar-refractivity contribution in [3.63, 3.8) is 0 Å². The van der Waals surface area contributed by atoms with E-state index in [4.69, 9.17) is 0 Å². The number of halogens is 3. The van der Waals surface area contributed by atoms with Crippen molar-refractivity contribution in [1.29, 1.82) is 0 Å². The first-order valence-electron chi connectivity index (χ1n) is 4.29. The maximum Gasteiger partial charge on any atom is 0.426 e. The van der Waals surface area contributed by atoms with E-state index in [2.05, 4.69) is 0 Å². The molecule has 1 aromatic heterocycles. The summed E-state index contributed by atoms with van der Waals surface area (Å²) in [6.07, 6.45) is -4.26. The van der Waals surface area contributed by atoms with Gasteiger partial charge in [0.2, 0.25) is 0 Å². The second-order valence-corrected chi connectivity index (χ2v) is 3.94. The summed E-state index contributed by atoms with van der Waals surface area (Å²) < 4.78 is 37.7. The van der Waals surface area contributed by atoms with E-state index < -0.39 is 11.1 Å². The van der Waals surface area contributed by atoms with E-state index in [1.165, 1.54) is 11.4 Å². The van der Waals surface area contributed by atoms with Gasteiger partial charge in [-0.3, -0.25) is 0 Å². The zero-order valence-electron chi connectivity index (χ0n) is 7.58. The van der Waals surface area contributed by atoms with Crippen LogP contribution in [0.3, 0.4) is 0 Å². The third-order valence-electron chi connectivity index (χ3n) is 2.01. The Bertz CT molecular complexity index is 442. The van der Waals surface area contributed by atoms with Crippen molar-refractivity contribution < 1.29 is 13.2 Å². The molecule has 0 nitrogen and oxygen atoms in total. The lowest BCUT2D eigenvalue weighted by Crippen LogP contribution is -2.03. The van der Waals surface area contributed by atoms with Gasteiger partial charge in [0.25, 0.3) is 0 Å². The van der Waals surface area contributed by atoms with Crippen LogP contribution < -0.4 is 0 Å². The molecule has 0 bridgehead atoms. The van der Waals surface area contributed by atoms with Crippen LogP contribution in [0.4, 0.5) is 13.2 Å². The lowest BCUT2D eigenvalue weighted by atomic mass is 10.1. The molecule has 2 rings (SSSR count). The molecule has 1 aromatic carbocycles. The average molecular weight is 228 g/mol. The Balaban J connectivity index is 2.51. The maximum absolute atomic E-state index is 12.6. The molecule has 0 fully saturated rings. The van der Waals surface area contributed by atoms with Gasteiger partial charge in [-0.15, -0.1) is 11.3 Å². The van der Waals surface area contributed by atoms with Crippen molar-refractivity contribution in [2.75, 3.05) is 0 Å². The third kappa shape index (κ3) is 2.04. The topological polar surface area (TPSA) is 0 Å². The molecule has 0 spiro atoms. The Morgan fingerprint density at radius 2 is 1.60 bits per heavy atom. The zero-order valence-corrected chi connectivity index (χ0v) is 8.40. The molecule has 0 atom stereocenters. The van der Waals surface area contributed by atoms with Gasteiger partial charge in [-0.05, 0) is 17.0 Å². The van der Waals surface area contributed by atoms with Gasteiger partial charge in [0, 0.05) is 5.56 Å². The molecule has 4 heteroatoms. The fraction of sp³-hybridized carbons (Fsp3) is 0.0909. The smallest absolute Gasteiger partial charge is 0.165 e. The predicted molar refractivity (Wildman–Crippen MR) is 54.8 cm³/mol. The van der Waals surface area contributed by atoms with Crippen LogP contribution in [0.25, 0.3) is 11.1 Å². The molecular weight excluding hydrogens is 221 g/mol. The largest absolute Gasteiger partial charge is 0.426 e. The molecule has 0 amide bonds. The maximum atomic E-state index is 12.6. The van der Waals surface area contributed by atoms with E-state index in [1.54, 1.807) is 30.3 Å². The first kappa shape index (κ1) is 10.2. The lowest BCUT2D eigenvalue weighted by molar-refractivity contribution is -0.133. The highest BCUT2D eigenvalue weighted by atomic mass is 32.1. The molecule has 0 unspecified atom stereocenters. The van der Waals surface area contributed by atoms with E-state index in [-0.39, 0.29) is 5.56 Å². The van der Waals surface area contributed by atoms with Crippen molar-refractivity contribution >= 4 is 11.3 Å². The number of rotatable bonds is 1. The van der Waals surface area contributed by atoms with Crippen molar-refractivity contribution in [3.05, 3.63) is 46.7 Å². The standard InChI is InChI=1S/C11H7F3S/c12-11(13,14)10-9(6-7-15-10)8-4-2-1-3-5-8/h1-7H. The van der Waals surface area contributed by atoms with Crippen LogP contribution in [0.15, 0.2) is 41.8 Å². The molecule has 0 N–H and O–H groups in total. The summed E-state index contributed by atoms with van der Waals surface area (Å²) in [6.45, 7) is 0. The molecule has 15 heavy (non-hydrogen) atoms. The number of thiophene rings is 1. The fourth-order valence-electron chi connectivity index (χ4n) is 1.37. The van der Waals surface area contributed by atoms with E-state index in [1.807, 2.05) is 0 Å². The van der Waals surface area contributed by atoms with Gasteiger partial charge in [0.1, 0.15) is 4.88 Å². The van der Waals surface area contributed by atoms with Crippen LogP contribution in [0.1, 0.15) is 4.88 Å².